The molecule has 0 bridgehead atoms. The van der Waals surface area contributed by atoms with Crippen molar-refractivity contribution in [1.29, 1.82) is 0 Å². The largest absolute Gasteiger partial charge is 1.00 e. The fourth-order valence-corrected chi connectivity index (χ4v) is 3.93. The molecule has 1 fully saturated rings. The maximum absolute atomic E-state index is 2.29. The van der Waals surface area contributed by atoms with Gasteiger partial charge in [0.2, 0.25) is 0 Å². The van der Waals surface area contributed by atoms with E-state index in [9.17, 15) is 0 Å². The molecule has 0 radical (unpaired) electrons. The second-order valence-corrected chi connectivity index (χ2v) is 5.98. The second kappa shape index (κ2) is 6.09. The van der Waals surface area contributed by atoms with Gasteiger partial charge in [0, 0.05) is 0 Å². The first-order valence-electron chi connectivity index (χ1n) is 4.47. The Morgan fingerprint density at radius 3 is 2.00 bits per heavy atom. The third kappa shape index (κ3) is 3.99. The molecule has 1 rings (SSSR count). The maximum atomic E-state index is 2.29. The molecule has 72 valence electrons. The lowest BCUT2D eigenvalue weighted by atomic mass is 10.2. The van der Waals surface area contributed by atoms with E-state index in [1.54, 1.807) is 5.57 Å². The van der Waals surface area contributed by atoms with Gasteiger partial charge in [0.15, 0.2) is 0 Å². The predicted molar refractivity (Wildman–Crippen MR) is 55.2 cm³/mol. The third-order valence-electron chi connectivity index (χ3n) is 2.39. The van der Waals surface area contributed by atoms with Crippen molar-refractivity contribution < 1.29 is 17.0 Å². The van der Waals surface area contributed by atoms with Crippen LogP contribution in [0, 0.1) is 0 Å². The fourth-order valence-electron chi connectivity index (χ4n) is 1.31. The summed E-state index contributed by atoms with van der Waals surface area (Å²) in [5.74, 6) is 4.40. The van der Waals surface area contributed by atoms with Gasteiger partial charge in [-0.15, -0.1) is 0 Å². The van der Waals surface area contributed by atoms with Crippen LogP contribution in [0.3, 0.4) is 0 Å². The fraction of sp³-hybridized carbons (Fsp3) is 0.800. The monoisotopic (exact) mass is 250 g/mol. The highest BCUT2D eigenvalue weighted by molar-refractivity contribution is 7.97. The Morgan fingerprint density at radius 1 is 1.08 bits per heavy atom. The minimum absolute atomic E-state index is 0. The summed E-state index contributed by atoms with van der Waals surface area (Å²) in [5, 5.41) is 0. The molecular formula is C10H19BrS. The summed E-state index contributed by atoms with van der Waals surface area (Å²) in [7, 11) is 0.764. The topological polar surface area (TPSA) is 0 Å². The Hall–Kier alpha value is 0.570. The van der Waals surface area contributed by atoms with Crippen LogP contribution in [0.5, 0.6) is 0 Å². The molecule has 2 heteroatoms. The van der Waals surface area contributed by atoms with Crippen LogP contribution in [0.1, 0.15) is 33.6 Å². The highest BCUT2D eigenvalue weighted by atomic mass is 79.9. The minimum Gasteiger partial charge on any atom is -1.00 e. The molecule has 0 unspecified atom stereocenters. The van der Waals surface area contributed by atoms with E-state index in [1.807, 2.05) is 0 Å². The Bertz CT molecular complexity index is 153. The lowest BCUT2D eigenvalue weighted by Gasteiger charge is -2.02. The van der Waals surface area contributed by atoms with Crippen molar-refractivity contribution in [3.63, 3.8) is 0 Å². The normalized spacial score (nSPS) is 17.2. The molecule has 1 aliphatic heterocycles. The first-order valence-corrected chi connectivity index (χ1v) is 6.20. The van der Waals surface area contributed by atoms with Gasteiger partial charge in [0.05, 0.1) is 0 Å². The summed E-state index contributed by atoms with van der Waals surface area (Å²) in [6.07, 6.45) is 2.97. The average molecular weight is 251 g/mol. The SMILES string of the molecule is CC(C)=C(C)C[S+]1CCCC1.[Br-]. The van der Waals surface area contributed by atoms with Crippen molar-refractivity contribution in [3.05, 3.63) is 11.1 Å². The zero-order valence-electron chi connectivity index (χ0n) is 8.32. The molecule has 0 aromatic rings. The summed E-state index contributed by atoms with van der Waals surface area (Å²) in [4.78, 5) is 0. The van der Waals surface area contributed by atoms with Gasteiger partial charge in [0.25, 0.3) is 0 Å². The van der Waals surface area contributed by atoms with Gasteiger partial charge in [0.1, 0.15) is 17.3 Å². The number of rotatable bonds is 2. The second-order valence-electron chi connectivity index (χ2n) is 3.65. The van der Waals surface area contributed by atoms with Crippen LogP contribution in [0.2, 0.25) is 0 Å². The summed E-state index contributed by atoms with van der Waals surface area (Å²) in [6, 6.07) is 0. The van der Waals surface area contributed by atoms with Gasteiger partial charge in [-0.05, 0) is 50.1 Å². The highest BCUT2D eigenvalue weighted by Gasteiger charge is 2.23. The molecule has 1 aliphatic rings. The van der Waals surface area contributed by atoms with Gasteiger partial charge in [-0.2, -0.15) is 0 Å². The van der Waals surface area contributed by atoms with E-state index < -0.39 is 0 Å². The van der Waals surface area contributed by atoms with Gasteiger partial charge in [-0.1, -0.05) is 5.57 Å². The average Bonchev–Trinajstić information content (AvgIpc) is 2.39. The Morgan fingerprint density at radius 2 is 1.58 bits per heavy atom. The molecule has 0 nitrogen and oxygen atoms in total. The lowest BCUT2D eigenvalue weighted by molar-refractivity contribution is -0.00000257. The van der Waals surface area contributed by atoms with Crippen molar-refractivity contribution in [2.45, 2.75) is 33.6 Å². The molecule has 0 atom stereocenters. The number of halogens is 1. The summed E-state index contributed by atoms with van der Waals surface area (Å²) >= 11 is 0. The number of hydrogen-bond donors (Lipinski definition) is 0. The molecule has 0 aliphatic carbocycles. The Balaban J connectivity index is 0.00000121. The van der Waals surface area contributed by atoms with Crippen molar-refractivity contribution in [1.82, 2.24) is 0 Å². The Labute approximate surface area is 89.9 Å². The predicted octanol–water partition coefficient (Wildman–Crippen LogP) is -0.241. The molecule has 1 saturated heterocycles. The van der Waals surface area contributed by atoms with E-state index in [0.29, 0.717) is 0 Å². The minimum atomic E-state index is 0. The zero-order chi connectivity index (χ0) is 8.27. The summed E-state index contributed by atoms with van der Waals surface area (Å²) < 4.78 is 0. The van der Waals surface area contributed by atoms with Crippen molar-refractivity contribution in [2.75, 3.05) is 17.3 Å². The van der Waals surface area contributed by atoms with E-state index in [4.69, 9.17) is 0 Å². The van der Waals surface area contributed by atoms with E-state index in [0.717, 1.165) is 10.9 Å². The standard InChI is InChI=1S/C10H19S.BrH/c1-9(2)10(3)8-11-6-4-5-7-11;/h4-8H2,1-3H3;1H/q+1;/p-1. The first kappa shape index (κ1) is 12.6. The molecular weight excluding hydrogens is 232 g/mol. The summed E-state index contributed by atoms with van der Waals surface area (Å²) in [5.41, 5.74) is 3.17. The molecule has 1 heterocycles. The quantitative estimate of drug-likeness (QED) is 0.469. The number of hydrogen-bond acceptors (Lipinski definition) is 0. The highest BCUT2D eigenvalue weighted by Crippen LogP contribution is 2.17. The van der Waals surface area contributed by atoms with Gasteiger partial charge in [-0.3, -0.25) is 0 Å². The van der Waals surface area contributed by atoms with Crippen LogP contribution >= 0.6 is 0 Å². The van der Waals surface area contributed by atoms with Crippen LogP contribution < -0.4 is 17.0 Å². The van der Waals surface area contributed by atoms with Crippen LogP contribution in [0.4, 0.5) is 0 Å². The Kier molecular flexibility index (Phi) is 6.38. The molecule has 12 heavy (non-hydrogen) atoms. The van der Waals surface area contributed by atoms with Crippen LogP contribution in [-0.2, 0) is 10.9 Å². The zero-order valence-corrected chi connectivity index (χ0v) is 10.7. The maximum Gasteiger partial charge on any atom is 0.129 e. The molecule has 0 N–H and O–H groups in total. The van der Waals surface area contributed by atoms with E-state index in [1.165, 1.54) is 35.7 Å². The molecule has 0 aromatic carbocycles. The third-order valence-corrected chi connectivity index (χ3v) is 4.96. The van der Waals surface area contributed by atoms with Crippen LogP contribution in [0.15, 0.2) is 11.1 Å². The summed E-state index contributed by atoms with van der Waals surface area (Å²) in [6.45, 7) is 6.75. The van der Waals surface area contributed by atoms with Crippen LogP contribution in [0.25, 0.3) is 0 Å². The molecule has 0 aromatic heterocycles. The molecule has 0 spiro atoms. The van der Waals surface area contributed by atoms with Crippen molar-refractivity contribution in [2.24, 2.45) is 0 Å². The molecule has 0 amide bonds. The van der Waals surface area contributed by atoms with E-state index in [-0.39, 0.29) is 17.0 Å². The van der Waals surface area contributed by atoms with E-state index >= 15 is 0 Å². The van der Waals surface area contributed by atoms with Crippen LogP contribution in [-0.4, -0.2) is 17.3 Å². The molecule has 0 saturated carbocycles. The number of allylic oxidation sites excluding steroid dienone is 1. The van der Waals surface area contributed by atoms with E-state index in [2.05, 4.69) is 20.8 Å². The smallest absolute Gasteiger partial charge is 0.129 e. The van der Waals surface area contributed by atoms with Gasteiger partial charge < -0.3 is 17.0 Å². The van der Waals surface area contributed by atoms with Gasteiger partial charge in [-0.25, -0.2) is 0 Å². The lowest BCUT2D eigenvalue weighted by Crippen LogP contribution is -3.00. The van der Waals surface area contributed by atoms with Gasteiger partial charge >= 0.3 is 0 Å². The van der Waals surface area contributed by atoms with Crippen molar-refractivity contribution in [3.8, 4) is 0 Å². The van der Waals surface area contributed by atoms with Crippen molar-refractivity contribution >= 4 is 10.9 Å². The first-order chi connectivity index (χ1) is 5.20.